The molecule has 1 unspecified atom stereocenters. The highest BCUT2D eigenvalue weighted by Crippen LogP contribution is 2.21. The van der Waals surface area contributed by atoms with Gasteiger partial charge in [0.2, 0.25) is 5.89 Å². The zero-order valence-electron chi connectivity index (χ0n) is 14.5. The van der Waals surface area contributed by atoms with E-state index in [9.17, 15) is 9.18 Å². The molecule has 2 aromatic heterocycles. The van der Waals surface area contributed by atoms with Gasteiger partial charge < -0.3 is 9.84 Å². The number of nitrogens with zero attached hydrogens (tertiary/aromatic N) is 5. The number of amides is 1. The van der Waals surface area contributed by atoms with Crippen LogP contribution in [0.25, 0.3) is 0 Å². The summed E-state index contributed by atoms with van der Waals surface area (Å²) in [4.78, 5) is 16.4. The monoisotopic (exact) mass is 358 g/mol. The number of benzene rings is 1. The molecule has 1 atom stereocenters. The predicted molar refractivity (Wildman–Crippen MR) is 89.7 cm³/mol. The van der Waals surface area contributed by atoms with E-state index in [1.165, 1.54) is 12.1 Å². The van der Waals surface area contributed by atoms with Crippen LogP contribution in [-0.2, 0) is 13.0 Å². The average Bonchev–Trinajstić information content (AvgIpc) is 3.31. The molecular formula is C17H19FN6O2. The van der Waals surface area contributed by atoms with Crippen molar-refractivity contribution in [1.82, 2.24) is 30.5 Å². The van der Waals surface area contributed by atoms with Crippen LogP contribution in [0.2, 0.25) is 0 Å². The average molecular weight is 358 g/mol. The molecular weight excluding hydrogens is 339 g/mol. The van der Waals surface area contributed by atoms with Gasteiger partial charge in [0.1, 0.15) is 5.82 Å². The zero-order chi connectivity index (χ0) is 18.5. The van der Waals surface area contributed by atoms with Gasteiger partial charge in [-0.2, -0.15) is 4.98 Å². The summed E-state index contributed by atoms with van der Waals surface area (Å²) >= 11 is 0. The van der Waals surface area contributed by atoms with E-state index in [2.05, 4.69) is 25.8 Å². The van der Waals surface area contributed by atoms with Gasteiger partial charge in [0.15, 0.2) is 11.5 Å². The molecule has 0 aliphatic carbocycles. The molecule has 0 radical (unpaired) electrons. The Morgan fingerprint density at radius 3 is 2.73 bits per heavy atom. The molecule has 26 heavy (non-hydrogen) atoms. The number of carbonyl (C=O) groups is 1. The number of halogens is 1. The van der Waals surface area contributed by atoms with E-state index in [0.29, 0.717) is 18.1 Å². The Balaban J connectivity index is 1.67. The van der Waals surface area contributed by atoms with Gasteiger partial charge in [-0.3, -0.25) is 4.79 Å². The van der Waals surface area contributed by atoms with E-state index in [-0.39, 0.29) is 30.0 Å². The smallest absolute Gasteiger partial charge is 0.273 e. The molecule has 9 heteroatoms. The summed E-state index contributed by atoms with van der Waals surface area (Å²) in [5, 5.41) is 14.4. The second-order valence-corrected chi connectivity index (χ2v) is 5.70. The molecule has 3 aromatic rings. The SMILES string of the molecule is CCc1nc(CNC(=O)c2cn(C(CC)c3ccc(F)cc3)nn2)no1. The molecule has 136 valence electrons. The maximum absolute atomic E-state index is 13.1. The van der Waals surface area contributed by atoms with E-state index >= 15 is 0 Å². The largest absolute Gasteiger partial charge is 0.343 e. The third-order valence-corrected chi connectivity index (χ3v) is 3.92. The van der Waals surface area contributed by atoms with Gasteiger partial charge in [0, 0.05) is 6.42 Å². The van der Waals surface area contributed by atoms with Crippen LogP contribution in [0.4, 0.5) is 4.39 Å². The molecule has 0 bridgehead atoms. The summed E-state index contributed by atoms with van der Waals surface area (Å²) in [6.07, 6.45) is 2.93. The summed E-state index contributed by atoms with van der Waals surface area (Å²) in [5.41, 5.74) is 1.08. The minimum Gasteiger partial charge on any atom is -0.343 e. The Bertz CT molecular complexity index is 874. The van der Waals surface area contributed by atoms with Crippen molar-refractivity contribution in [3.05, 3.63) is 59.3 Å². The molecule has 2 heterocycles. The lowest BCUT2D eigenvalue weighted by molar-refractivity contribution is 0.0944. The van der Waals surface area contributed by atoms with Crippen molar-refractivity contribution in [2.24, 2.45) is 0 Å². The highest BCUT2D eigenvalue weighted by atomic mass is 19.1. The van der Waals surface area contributed by atoms with Crippen molar-refractivity contribution in [1.29, 1.82) is 0 Å². The standard InChI is InChI=1S/C17H19FN6O2/c1-3-14(11-5-7-12(18)8-6-11)24-10-13(21-23-24)17(25)19-9-15-20-16(4-2)26-22-15/h5-8,10,14H,3-4,9H2,1-2H3,(H,19,25). The van der Waals surface area contributed by atoms with Gasteiger partial charge >= 0.3 is 0 Å². The number of carbonyl (C=O) groups excluding carboxylic acids is 1. The number of rotatable bonds is 7. The molecule has 1 N–H and O–H groups in total. The summed E-state index contributed by atoms with van der Waals surface area (Å²) in [7, 11) is 0. The van der Waals surface area contributed by atoms with Crippen LogP contribution in [0, 0.1) is 5.82 Å². The first-order valence-corrected chi connectivity index (χ1v) is 8.37. The fourth-order valence-electron chi connectivity index (χ4n) is 2.55. The lowest BCUT2D eigenvalue weighted by Crippen LogP contribution is -2.23. The number of aromatic nitrogens is 5. The lowest BCUT2D eigenvalue weighted by Gasteiger charge is -2.14. The molecule has 1 amide bonds. The van der Waals surface area contributed by atoms with Gasteiger partial charge in [-0.15, -0.1) is 5.10 Å². The van der Waals surface area contributed by atoms with Gasteiger partial charge in [-0.25, -0.2) is 9.07 Å². The molecule has 0 saturated carbocycles. The van der Waals surface area contributed by atoms with Crippen LogP contribution in [-0.4, -0.2) is 31.0 Å². The van der Waals surface area contributed by atoms with Crippen LogP contribution in [0.3, 0.4) is 0 Å². The summed E-state index contributed by atoms with van der Waals surface area (Å²) < 4.78 is 19.7. The fraction of sp³-hybridized carbons (Fsp3) is 0.353. The number of hydrogen-bond donors (Lipinski definition) is 1. The highest BCUT2D eigenvalue weighted by molar-refractivity contribution is 5.91. The van der Waals surface area contributed by atoms with Gasteiger partial charge in [0.05, 0.1) is 18.8 Å². The van der Waals surface area contributed by atoms with Crippen molar-refractivity contribution in [3.63, 3.8) is 0 Å². The Hall–Kier alpha value is -3.10. The summed E-state index contributed by atoms with van der Waals surface area (Å²) in [6, 6.07) is 6.07. The van der Waals surface area contributed by atoms with Crippen LogP contribution in [0.5, 0.6) is 0 Å². The molecule has 1 aromatic carbocycles. The van der Waals surface area contributed by atoms with Crippen LogP contribution in [0.15, 0.2) is 35.0 Å². The molecule has 0 fully saturated rings. The van der Waals surface area contributed by atoms with E-state index in [4.69, 9.17) is 4.52 Å². The Morgan fingerprint density at radius 2 is 2.08 bits per heavy atom. The van der Waals surface area contributed by atoms with E-state index in [0.717, 1.165) is 12.0 Å². The molecule has 0 saturated heterocycles. The number of hydrogen-bond acceptors (Lipinski definition) is 6. The summed E-state index contributed by atoms with van der Waals surface area (Å²) in [6.45, 7) is 4.03. The van der Waals surface area contributed by atoms with Crippen molar-refractivity contribution in [3.8, 4) is 0 Å². The van der Waals surface area contributed by atoms with Crippen LogP contribution >= 0.6 is 0 Å². The van der Waals surface area contributed by atoms with E-state index < -0.39 is 0 Å². The second kappa shape index (κ2) is 7.85. The minimum atomic E-state index is -0.381. The first kappa shape index (κ1) is 17.7. The first-order chi connectivity index (χ1) is 12.6. The number of nitrogens with one attached hydrogen (secondary N) is 1. The third-order valence-electron chi connectivity index (χ3n) is 3.92. The third kappa shape index (κ3) is 3.93. The Labute approximate surface area is 149 Å². The fourth-order valence-corrected chi connectivity index (χ4v) is 2.55. The molecule has 8 nitrogen and oxygen atoms in total. The second-order valence-electron chi connectivity index (χ2n) is 5.70. The van der Waals surface area contributed by atoms with Gasteiger partial charge in [0.25, 0.3) is 5.91 Å². The molecule has 0 aliphatic rings. The summed E-state index contributed by atoms with van der Waals surface area (Å²) in [5.74, 6) is 0.244. The van der Waals surface area contributed by atoms with Crippen molar-refractivity contribution >= 4 is 5.91 Å². The zero-order valence-corrected chi connectivity index (χ0v) is 14.5. The Kier molecular flexibility index (Phi) is 5.35. The number of aryl methyl sites for hydroxylation is 1. The molecule has 0 aliphatic heterocycles. The van der Waals surface area contributed by atoms with Gasteiger partial charge in [-0.05, 0) is 24.1 Å². The van der Waals surface area contributed by atoms with Crippen molar-refractivity contribution < 1.29 is 13.7 Å². The first-order valence-electron chi connectivity index (χ1n) is 8.37. The Morgan fingerprint density at radius 1 is 1.31 bits per heavy atom. The minimum absolute atomic E-state index is 0.131. The van der Waals surface area contributed by atoms with Gasteiger partial charge in [-0.1, -0.05) is 36.4 Å². The lowest BCUT2D eigenvalue weighted by atomic mass is 10.0. The maximum Gasteiger partial charge on any atom is 0.273 e. The van der Waals surface area contributed by atoms with Crippen molar-refractivity contribution in [2.75, 3.05) is 0 Å². The van der Waals surface area contributed by atoms with Crippen LogP contribution < -0.4 is 5.32 Å². The van der Waals surface area contributed by atoms with E-state index in [1.54, 1.807) is 23.0 Å². The normalized spacial score (nSPS) is 12.1. The molecule has 3 rings (SSSR count). The predicted octanol–water partition coefficient (Wildman–Crippen LogP) is 2.29. The van der Waals surface area contributed by atoms with Crippen LogP contribution in [0.1, 0.15) is 54.1 Å². The van der Waals surface area contributed by atoms with E-state index in [1.807, 2.05) is 13.8 Å². The maximum atomic E-state index is 13.1. The quantitative estimate of drug-likeness (QED) is 0.696. The van der Waals surface area contributed by atoms with Crippen molar-refractivity contribution in [2.45, 2.75) is 39.3 Å². The molecule has 0 spiro atoms. The topological polar surface area (TPSA) is 98.7 Å². The highest BCUT2D eigenvalue weighted by Gasteiger charge is 2.17.